The highest BCUT2D eigenvalue weighted by atomic mass is 32.2. The Morgan fingerprint density at radius 3 is 2.92 bits per heavy atom. The minimum atomic E-state index is -0.365. The first-order chi connectivity index (χ1) is 12.7. The van der Waals surface area contributed by atoms with Crippen molar-refractivity contribution in [1.29, 1.82) is 0 Å². The molecule has 8 heteroatoms. The second kappa shape index (κ2) is 8.17. The van der Waals surface area contributed by atoms with Gasteiger partial charge in [0.15, 0.2) is 5.82 Å². The molecule has 0 radical (unpaired) electrons. The molecule has 26 heavy (non-hydrogen) atoms. The molecule has 1 unspecified atom stereocenters. The monoisotopic (exact) mass is 372 g/mol. The third kappa shape index (κ3) is 3.64. The fourth-order valence-electron chi connectivity index (χ4n) is 2.82. The molecule has 0 aliphatic carbocycles. The van der Waals surface area contributed by atoms with E-state index in [0.29, 0.717) is 23.4 Å². The summed E-state index contributed by atoms with van der Waals surface area (Å²) in [6, 6.07) is 5.92. The Labute approximate surface area is 154 Å². The van der Waals surface area contributed by atoms with Crippen molar-refractivity contribution in [3.63, 3.8) is 0 Å². The number of nitrogens with two attached hydrogens (primary N) is 1. The molecule has 6 nitrogen and oxygen atoms in total. The summed E-state index contributed by atoms with van der Waals surface area (Å²) in [6.45, 7) is 0.621. The number of hydrogen-bond donors (Lipinski definition) is 1. The number of ether oxygens (including phenoxy) is 1. The van der Waals surface area contributed by atoms with Crippen molar-refractivity contribution < 1.29 is 13.9 Å². The van der Waals surface area contributed by atoms with Gasteiger partial charge in [-0.3, -0.25) is 4.79 Å². The van der Waals surface area contributed by atoms with Crippen molar-refractivity contribution in [2.75, 3.05) is 12.4 Å². The van der Waals surface area contributed by atoms with Crippen molar-refractivity contribution in [3.05, 3.63) is 35.8 Å². The molecular weight excluding hydrogens is 355 g/mol. The van der Waals surface area contributed by atoms with Crippen LogP contribution in [0.1, 0.15) is 24.6 Å². The van der Waals surface area contributed by atoms with Crippen molar-refractivity contribution in [2.45, 2.75) is 18.9 Å². The summed E-state index contributed by atoms with van der Waals surface area (Å²) in [4.78, 5) is 16.7. The van der Waals surface area contributed by atoms with Crippen molar-refractivity contribution in [1.82, 2.24) is 9.78 Å². The molecule has 0 saturated carbocycles. The molecule has 134 valence electrons. The maximum Gasteiger partial charge on any atom is 0.308 e. The van der Waals surface area contributed by atoms with Crippen molar-refractivity contribution in [2.24, 2.45) is 10.7 Å². The van der Waals surface area contributed by atoms with Crippen LogP contribution in [-0.2, 0) is 4.74 Å². The summed E-state index contributed by atoms with van der Waals surface area (Å²) >= 11 is 0.942. The van der Waals surface area contributed by atoms with Gasteiger partial charge in [0.05, 0.1) is 17.7 Å². The van der Waals surface area contributed by atoms with E-state index in [4.69, 9.17) is 16.9 Å². The molecule has 2 N–H and O–H groups in total. The van der Waals surface area contributed by atoms with Gasteiger partial charge >= 0.3 is 5.24 Å². The van der Waals surface area contributed by atoms with Crippen LogP contribution in [0.3, 0.4) is 0 Å². The highest BCUT2D eigenvalue weighted by molar-refractivity contribution is 8.13. The Balaban J connectivity index is 2.17. The molecule has 1 aliphatic heterocycles. The van der Waals surface area contributed by atoms with Gasteiger partial charge in [-0.05, 0) is 42.3 Å². The molecule has 1 aromatic carbocycles. The van der Waals surface area contributed by atoms with Crippen LogP contribution in [0.5, 0.6) is 0 Å². The topological polar surface area (TPSA) is 82.5 Å². The van der Waals surface area contributed by atoms with E-state index in [1.54, 1.807) is 12.1 Å². The third-order valence-electron chi connectivity index (χ3n) is 3.90. The lowest BCUT2D eigenvalue weighted by Gasteiger charge is -2.09. The van der Waals surface area contributed by atoms with Crippen LogP contribution in [0.2, 0.25) is 0 Å². The first-order valence-electron chi connectivity index (χ1n) is 8.01. The van der Waals surface area contributed by atoms with Gasteiger partial charge in [0.2, 0.25) is 0 Å². The van der Waals surface area contributed by atoms with Gasteiger partial charge in [-0.25, -0.2) is 9.38 Å². The SMILES string of the molecule is C#CCSC(=O)n1nc(C2CCCO2)c(-c2ccc(F)cc2)c1/N=C\N. The minimum absolute atomic E-state index is 0.214. The minimum Gasteiger partial charge on any atom is -0.390 e. The van der Waals surface area contributed by atoms with Crippen LogP contribution in [0, 0.1) is 18.2 Å². The van der Waals surface area contributed by atoms with E-state index >= 15 is 0 Å². The molecular formula is C18H17FN4O2S. The number of terminal acetylenes is 1. The van der Waals surface area contributed by atoms with Gasteiger partial charge < -0.3 is 10.5 Å². The Bertz CT molecular complexity index is 865. The fraction of sp³-hybridized carbons (Fsp3) is 0.278. The van der Waals surface area contributed by atoms with E-state index in [9.17, 15) is 9.18 Å². The number of carbonyl (C=O) groups is 1. The van der Waals surface area contributed by atoms with Crippen LogP contribution >= 0.6 is 11.8 Å². The zero-order chi connectivity index (χ0) is 18.5. The Morgan fingerprint density at radius 2 is 2.31 bits per heavy atom. The number of nitrogens with zero attached hydrogens (tertiary/aromatic N) is 3. The van der Waals surface area contributed by atoms with E-state index in [1.807, 2.05) is 0 Å². The number of aliphatic imine (C=N–C) groups is 1. The average Bonchev–Trinajstić information content (AvgIpc) is 3.29. The smallest absolute Gasteiger partial charge is 0.308 e. The van der Waals surface area contributed by atoms with Gasteiger partial charge in [-0.15, -0.1) is 6.42 Å². The predicted molar refractivity (Wildman–Crippen MR) is 100.0 cm³/mol. The van der Waals surface area contributed by atoms with Gasteiger partial charge in [0.25, 0.3) is 0 Å². The van der Waals surface area contributed by atoms with Crippen molar-refractivity contribution in [3.8, 4) is 23.5 Å². The van der Waals surface area contributed by atoms with Gasteiger partial charge in [0.1, 0.15) is 17.6 Å². The van der Waals surface area contributed by atoms with Crippen LogP contribution in [0.25, 0.3) is 11.1 Å². The van der Waals surface area contributed by atoms with E-state index in [-0.39, 0.29) is 28.7 Å². The van der Waals surface area contributed by atoms with E-state index in [2.05, 4.69) is 16.0 Å². The quantitative estimate of drug-likeness (QED) is 0.505. The molecule has 1 saturated heterocycles. The zero-order valence-electron chi connectivity index (χ0n) is 13.9. The Hall–Kier alpha value is -2.63. The number of hydrogen-bond acceptors (Lipinski definition) is 5. The molecule has 1 atom stereocenters. The number of benzene rings is 1. The van der Waals surface area contributed by atoms with E-state index in [1.165, 1.54) is 16.8 Å². The summed E-state index contributed by atoms with van der Waals surface area (Å²) in [5.41, 5.74) is 7.36. The third-order valence-corrected chi connectivity index (χ3v) is 4.64. The van der Waals surface area contributed by atoms with E-state index in [0.717, 1.165) is 30.9 Å². The first-order valence-corrected chi connectivity index (χ1v) is 8.99. The highest BCUT2D eigenvalue weighted by Crippen LogP contribution is 2.41. The number of thioether (sulfide) groups is 1. The maximum absolute atomic E-state index is 13.4. The molecule has 2 aromatic rings. The summed E-state index contributed by atoms with van der Waals surface area (Å²) in [7, 11) is 0. The van der Waals surface area contributed by atoms with E-state index < -0.39 is 0 Å². The van der Waals surface area contributed by atoms with Crippen LogP contribution in [0.4, 0.5) is 15.0 Å². The molecule has 1 fully saturated rings. The molecule has 0 bridgehead atoms. The molecule has 1 aliphatic rings. The second-order valence-corrected chi connectivity index (χ2v) is 6.47. The summed E-state index contributed by atoms with van der Waals surface area (Å²) in [5.74, 6) is 2.54. The highest BCUT2D eigenvalue weighted by Gasteiger charge is 2.30. The lowest BCUT2D eigenvalue weighted by Crippen LogP contribution is -2.09. The molecule has 3 rings (SSSR count). The molecule has 2 heterocycles. The second-order valence-electron chi connectivity index (χ2n) is 5.54. The lowest BCUT2D eigenvalue weighted by atomic mass is 10.0. The number of halogens is 1. The van der Waals surface area contributed by atoms with Gasteiger partial charge in [-0.2, -0.15) is 9.78 Å². The van der Waals surface area contributed by atoms with Crippen molar-refractivity contribution >= 4 is 29.2 Å². The standard InChI is InChI=1S/C18H17FN4O2S/c1-2-10-26-18(24)23-17(21-11-20)15(12-5-7-13(19)8-6-12)16(22-23)14-4-3-9-25-14/h1,5-8,11,14H,3-4,9-10H2,(H2,20,21). The van der Waals surface area contributed by atoms with Gasteiger partial charge in [0, 0.05) is 6.61 Å². The Morgan fingerprint density at radius 1 is 1.54 bits per heavy atom. The summed E-state index contributed by atoms with van der Waals surface area (Å²) in [5, 5.41) is 4.09. The molecule has 0 spiro atoms. The summed E-state index contributed by atoms with van der Waals surface area (Å²) < 4.78 is 20.3. The van der Waals surface area contributed by atoms with Gasteiger partial charge in [-0.1, -0.05) is 18.1 Å². The average molecular weight is 372 g/mol. The fourth-order valence-corrected chi connectivity index (χ4v) is 3.28. The number of aromatic nitrogens is 2. The molecule has 1 aromatic heterocycles. The van der Waals surface area contributed by atoms with Crippen LogP contribution in [0.15, 0.2) is 29.3 Å². The zero-order valence-corrected chi connectivity index (χ0v) is 14.7. The normalized spacial score (nSPS) is 16.8. The largest absolute Gasteiger partial charge is 0.390 e. The molecule has 0 amide bonds. The Kier molecular flexibility index (Phi) is 5.71. The number of rotatable bonds is 4. The number of carbonyl (C=O) groups excluding carboxylic acids is 1. The van der Waals surface area contributed by atoms with Crippen LogP contribution < -0.4 is 5.73 Å². The first kappa shape index (κ1) is 18.2. The predicted octanol–water partition coefficient (Wildman–Crippen LogP) is 3.49. The van der Waals surface area contributed by atoms with Crippen LogP contribution in [-0.4, -0.2) is 33.7 Å². The lowest BCUT2D eigenvalue weighted by molar-refractivity contribution is 0.108. The maximum atomic E-state index is 13.4. The summed E-state index contributed by atoms with van der Waals surface area (Å²) in [6.07, 6.45) is 7.75.